The molecular weight excluding hydrogens is 354 g/mol. The first-order chi connectivity index (χ1) is 13.3. The second-order valence-corrected chi connectivity index (χ2v) is 7.22. The van der Waals surface area contributed by atoms with Crippen LogP contribution in [-0.2, 0) is 17.3 Å². The normalized spacial score (nSPS) is 11.3. The van der Waals surface area contributed by atoms with Gasteiger partial charge in [0.15, 0.2) is 0 Å². The van der Waals surface area contributed by atoms with Crippen LogP contribution in [0.25, 0.3) is 5.69 Å². The first-order valence-corrected chi connectivity index (χ1v) is 9.08. The molecule has 1 N–H and O–H groups in total. The van der Waals surface area contributed by atoms with Gasteiger partial charge in [0.25, 0.3) is 5.56 Å². The smallest absolute Gasteiger partial charge is 0.295 e. The van der Waals surface area contributed by atoms with Crippen LogP contribution in [0.5, 0.6) is 5.75 Å². The summed E-state index contributed by atoms with van der Waals surface area (Å²) < 4.78 is 8.69. The van der Waals surface area contributed by atoms with Gasteiger partial charge < -0.3 is 10.1 Å². The number of benzene rings is 2. The maximum atomic E-state index is 13.1. The average molecular weight is 379 g/mol. The Morgan fingerprint density at radius 1 is 1.04 bits per heavy atom. The van der Waals surface area contributed by atoms with Crippen LogP contribution in [0, 0.1) is 6.92 Å². The van der Waals surface area contributed by atoms with E-state index in [-0.39, 0.29) is 17.2 Å². The van der Waals surface area contributed by atoms with Gasteiger partial charge in [0.2, 0.25) is 5.91 Å². The van der Waals surface area contributed by atoms with Crippen LogP contribution < -0.4 is 15.6 Å². The first-order valence-electron chi connectivity index (χ1n) is 9.08. The second kappa shape index (κ2) is 7.38. The van der Waals surface area contributed by atoms with E-state index in [1.54, 1.807) is 23.5 Å². The number of aromatic nitrogens is 2. The number of carbonyl (C=O) groups excluding carboxylic acids is 1. The molecule has 1 amide bonds. The third-order valence-corrected chi connectivity index (χ3v) is 5.14. The summed E-state index contributed by atoms with van der Waals surface area (Å²) in [7, 11) is 3.37. The van der Waals surface area contributed by atoms with Gasteiger partial charge >= 0.3 is 0 Å². The van der Waals surface area contributed by atoms with E-state index in [0.717, 1.165) is 11.3 Å². The molecule has 0 aliphatic carbocycles. The van der Waals surface area contributed by atoms with Crippen LogP contribution in [0.1, 0.15) is 25.1 Å². The zero-order valence-electron chi connectivity index (χ0n) is 16.8. The minimum atomic E-state index is -0.890. The zero-order valence-corrected chi connectivity index (χ0v) is 16.8. The SMILES string of the molecule is COc1ccccc1C(C)(C)C(=O)Nc1c(C)n(C)n(-c2ccccc2)c1=O. The first kappa shape index (κ1) is 19.5. The van der Waals surface area contributed by atoms with E-state index in [2.05, 4.69) is 5.32 Å². The molecule has 28 heavy (non-hydrogen) atoms. The van der Waals surface area contributed by atoms with Crippen LogP contribution in [0.3, 0.4) is 0 Å². The number of amides is 1. The largest absolute Gasteiger partial charge is 0.496 e. The molecule has 2 aromatic carbocycles. The lowest BCUT2D eigenvalue weighted by Crippen LogP contribution is -2.36. The molecule has 0 bridgehead atoms. The van der Waals surface area contributed by atoms with E-state index in [1.807, 2.05) is 75.4 Å². The van der Waals surface area contributed by atoms with Crippen molar-refractivity contribution in [3.8, 4) is 11.4 Å². The Hall–Kier alpha value is -3.28. The lowest BCUT2D eigenvalue weighted by molar-refractivity contribution is -0.120. The molecular formula is C22H25N3O3. The predicted molar refractivity (Wildman–Crippen MR) is 110 cm³/mol. The molecule has 6 heteroatoms. The maximum absolute atomic E-state index is 13.1. The Bertz CT molecular complexity index is 1060. The monoisotopic (exact) mass is 379 g/mol. The van der Waals surface area contributed by atoms with E-state index in [1.165, 1.54) is 0 Å². The molecule has 0 fully saturated rings. The van der Waals surface area contributed by atoms with Crippen molar-refractivity contribution in [1.82, 2.24) is 9.36 Å². The maximum Gasteiger partial charge on any atom is 0.295 e. The van der Waals surface area contributed by atoms with E-state index in [9.17, 15) is 9.59 Å². The Morgan fingerprint density at radius 2 is 1.64 bits per heavy atom. The molecule has 1 heterocycles. The van der Waals surface area contributed by atoms with E-state index in [4.69, 9.17) is 4.74 Å². The third kappa shape index (κ3) is 3.22. The summed E-state index contributed by atoms with van der Waals surface area (Å²) in [5, 5.41) is 2.85. The fourth-order valence-corrected chi connectivity index (χ4v) is 3.27. The van der Waals surface area contributed by atoms with Crippen molar-refractivity contribution in [3.63, 3.8) is 0 Å². The van der Waals surface area contributed by atoms with Gasteiger partial charge in [0.1, 0.15) is 11.4 Å². The standard InChI is InChI=1S/C22H25N3O3/c1-15-19(20(26)25(24(15)4)16-11-7-6-8-12-16)23-21(27)22(2,3)17-13-9-10-14-18(17)28-5/h6-14H,1-5H3,(H,23,27). The number of hydrogen-bond donors (Lipinski definition) is 1. The molecule has 0 spiro atoms. The number of nitrogens with one attached hydrogen (secondary N) is 1. The van der Waals surface area contributed by atoms with Crippen molar-refractivity contribution >= 4 is 11.6 Å². The average Bonchev–Trinajstić information content (AvgIpc) is 2.91. The van der Waals surface area contributed by atoms with Crippen molar-refractivity contribution in [1.29, 1.82) is 0 Å². The lowest BCUT2D eigenvalue weighted by Gasteiger charge is -2.25. The van der Waals surface area contributed by atoms with Gasteiger partial charge in [-0.25, -0.2) is 4.68 Å². The Morgan fingerprint density at radius 3 is 2.29 bits per heavy atom. The molecule has 0 unspecified atom stereocenters. The second-order valence-electron chi connectivity index (χ2n) is 7.22. The quantitative estimate of drug-likeness (QED) is 0.739. The van der Waals surface area contributed by atoms with Gasteiger partial charge in [0.05, 0.1) is 23.9 Å². The summed E-state index contributed by atoms with van der Waals surface area (Å²) >= 11 is 0. The van der Waals surface area contributed by atoms with Gasteiger partial charge in [-0.3, -0.25) is 14.3 Å². The van der Waals surface area contributed by atoms with Crippen LogP contribution in [-0.4, -0.2) is 22.4 Å². The number of carbonyl (C=O) groups is 1. The zero-order chi connectivity index (χ0) is 20.5. The highest BCUT2D eigenvalue weighted by Gasteiger charge is 2.34. The number of nitrogens with zero attached hydrogens (tertiary/aromatic N) is 2. The highest BCUT2D eigenvalue weighted by Crippen LogP contribution is 2.32. The Kier molecular flexibility index (Phi) is 5.14. The molecule has 6 nitrogen and oxygen atoms in total. The molecule has 3 rings (SSSR count). The molecule has 1 aromatic heterocycles. The number of ether oxygens (including phenoxy) is 1. The lowest BCUT2D eigenvalue weighted by atomic mass is 9.83. The molecule has 0 saturated heterocycles. The molecule has 0 atom stereocenters. The van der Waals surface area contributed by atoms with Gasteiger partial charge in [0, 0.05) is 12.6 Å². The van der Waals surface area contributed by atoms with Gasteiger partial charge in [-0.15, -0.1) is 0 Å². The number of hydrogen-bond acceptors (Lipinski definition) is 3. The number of anilines is 1. The van der Waals surface area contributed by atoms with Gasteiger partial charge in [-0.2, -0.15) is 0 Å². The molecule has 0 radical (unpaired) electrons. The molecule has 0 saturated carbocycles. The minimum absolute atomic E-state index is 0.268. The van der Waals surface area contributed by atoms with Crippen LogP contribution >= 0.6 is 0 Å². The fraction of sp³-hybridized carbons (Fsp3) is 0.273. The van der Waals surface area contributed by atoms with Crippen molar-refractivity contribution in [2.45, 2.75) is 26.2 Å². The number of rotatable bonds is 5. The third-order valence-electron chi connectivity index (χ3n) is 5.14. The highest BCUT2D eigenvalue weighted by molar-refractivity contribution is 5.99. The van der Waals surface area contributed by atoms with Crippen molar-refractivity contribution < 1.29 is 9.53 Å². The summed E-state index contributed by atoms with van der Waals surface area (Å²) in [5.41, 5.74) is 1.29. The summed E-state index contributed by atoms with van der Waals surface area (Å²) in [6, 6.07) is 16.7. The number of para-hydroxylation sites is 2. The van der Waals surface area contributed by atoms with Crippen LogP contribution in [0.4, 0.5) is 5.69 Å². The molecule has 3 aromatic rings. The van der Waals surface area contributed by atoms with Gasteiger partial charge in [-0.1, -0.05) is 36.4 Å². The number of methoxy groups -OCH3 is 1. The van der Waals surface area contributed by atoms with Crippen molar-refractivity contribution in [2.75, 3.05) is 12.4 Å². The highest BCUT2D eigenvalue weighted by atomic mass is 16.5. The molecule has 0 aliphatic rings. The fourth-order valence-electron chi connectivity index (χ4n) is 3.27. The summed E-state index contributed by atoms with van der Waals surface area (Å²) in [5.74, 6) is 0.358. The van der Waals surface area contributed by atoms with E-state index in [0.29, 0.717) is 11.4 Å². The van der Waals surface area contributed by atoms with Crippen LogP contribution in [0.2, 0.25) is 0 Å². The van der Waals surface area contributed by atoms with E-state index < -0.39 is 5.41 Å². The molecule has 146 valence electrons. The predicted octanol–water partition coefficient (Wildman–Crippen LogP) is 3.41. The Labute approximate surface area is 164 Å². The summed E-state index contributed by atoms with van der Waals surface area (Å²) in [6.07, 6.45) is 0. The van der Waals surface area contributed by atoms with Crippen LogP contribution in [0.15, 0.2) is 59.4 Å². The van der Waals surface area contributed by atoms with Crippen molar-refractivity contribution in [3.05, 3.63) is 76.2 Å². The van der Waals surface area contributed by atoms with E-state index >= 15 is 0 Å². The topological polar surface area (TPSA) is 65.3 Å². The minimum Gasteiger partial charge on any atom is -0.496 e. The van der Waals surface area contributed by atoms with Gasteiger partial charge in [-0.05, 0) is 39.0 Å². The summed E-state index contributed by atoms with van der Waals surface area (Å²) in [6.45, 7) is 5.44. The Balaban J connectivity index is 2.00. The van der Waals surface area contributed by atoms with Crippen molar-refractivity contribution in [2.24, 2.45) is 7.05 Å². The summed E-state index contributed by atoms with van der Waals surface area (Å²) in [4.78, 5) is 26.2. The molecule has 0 aliphatic heterocycles.